The van der Waals surface area contributed by atoms with Gasteiger partial charge in [-0.05, 0) is 39.2 Å². The first-order valence-corrected chi connectivity index (χ1v) is 11.1. The Morgan fingerprint density at radius 2 is 1.94 bits per heavy atom. The van der Waals surface area contributed by atoms with Crippen molar-refractivity contribution in [1.82, 2.24) is 20.9 Å². The highest BCUT2D eigenvalue weighted by molar-refractivity contribution is 14.0. The molecule has 3 N–H and O–H groups in total. The number of rotatable bonds is 8. The van der Waals surface area contributed by atoms with Gasteiger partial charge in [0, 0.05) is 43.2 Å². The van der Waals surface area contributed by atoms with Gasteiger partial charge < -0.3 is 20.4 Å². The van der Waals surface area contributed by atoms with E-state index in [0.717, 1.165) is 73.7 Å². The number of likely N-dealkylation sites (tertiary alicyclic amines) is 1. The minimum atomic E-state index is 0. The van der Waals surface area contributed by atoms with Crippen molar-refractivity contribution in [1.29, 1.82) is 0 Å². The molecule has 0 saturated carbocycles. The van der Waals surface area contributed by atoms with Crippen LogP contribution in [0.3, 0.4) is 0 Å². The predicted molar refractivity (Wildman–Crippen MR) is 137 cm³/mol. The summed E-state index contributed by atoms with van der Waals surface area (Å²) in [5.74, 6) is 1.84. The van der Waals surface area contributed by atoms with Crippen LogP contribution >= 0.6 is 24.0 Å². The Morgan fingerprint density at radius 1 is 1.19 bits per heavy atom. The molecule has 8 heteroatoms. The minimum absolute atomic E-state index is 0. The van der Waals surface area contributed by atoms with E-state index in [0.29, 0.717) is 19.1 Å². The molecule has 1 aliphatic heterocycles. The Kier molecular flexibility index (Phi) is 10.6. The summed E-state index contributed by atoms with van der Waals surface area (Å²) in [7, 11) is 0. The fourth-order valence-electron chi connectivity index (χ4n) is 3.80. The number of amides is 1. The normalized spacial score (nSPS) is 15.5. The van der Waals surface area contributed by atoms with Crippen molar-refractivity contribution in [3.8, 4) is 0 Å². The standard InChI is InChI=1S/C23H35N5O2.HI/c1-4-12-25-22(29)16-28-13-10-18(11-14-28)27-23(24-5-2)26-15-21-17(3)19-8-6-7-9-20(19)30-21;/h6-9,18H,4-5,10-16H2,1-3H3,(H,25,29)(H2,24,26,27);1H. The maximum Gasteiger partial charge on any atom is 0.234 e. The first-order valence-electron chi connectivity index (χ1n) is 11.1. The van der Waals surface area contributed by atoms with E-state index >= 15 is 0 Å². The van der Waals surface area contributed by atoms with E-state index in [9.17, 15) is 4.79 Å². The summed E-state index contributed by atoms with van der Waals surface area (Å²) in [6, 6.07) is 8.46. The highest BCUT2D eigenvalue weighted by Crippen LogP contribution is 2.25. The van der Waals surface area contributed by atoms with Crippen LogP contribution in [-0.4, -0.2) is 55.5 Å². The molecule has 1 aliphatic rings. The molecule has 1 aromatic carbocycles. The zero-order valence-corrected chi connectivity index (χ0v) is 21.2. The second-order valence-corrected chi connectivity index (χ2v) is 7.89. The van der Waals surface area contributed by atoms with Crippen LogP contribution in [0.4, 0.5) is 0 Å². The van der Waals surface area contributed by atoms with E-state index in [1.165, 1.54) is 0 Å². The molecule has 1 aromatic heterocycles. The lowest BCUT2D eigenvalue weighted by Crippen LogP contribution is -2.50. The van der Waals surface area contributed by atoms with Crippen LogP contribution in [0.15, 0.2) is 33.7 Å². The van der Waals surface area contributed by atoms with E-state index in [1.807, 2.05) is 18.2 Å². The number of nitrogens with one attached hydrogen (secondary N) is 3. The highest BCUT2D eigenvalue weighted by atomic mass is 127. The molecule has 2 aromatic rings. The summed E-state index contributed by atoms with van der Waals surface area (Å²) in [4.78, 5) is 18.9. The lowest BCUT2D eigenvalue weighted by Gasteiger charge is -2.32. The van der Waals surface area contributed by atoms with Gasteiger partial charge in [-0.25, -0.2) is 4.99 Å². The van der Waals surface area contributed by atoms with Crippen LogP contribution in [0.1, 0.15) is 44.4 Å². The zero-order chi connectivity index (χ0) is 21.3. The van der Waals surface area contributed by atoms with E-state index in [1.54, 1.807) is 0 Å². The van der Waals surface area contributed by atoms with Crippen molar-refractivity contribution >= 4 is 46.8 Å². The Labute approximate surface area is 202 Å². The number of nitrogens with zero attached hydrogens (tertiary/aromatic N) is 2. The van der Waals surface area contributed by atoms with Crippen molar-refractivity contribution in [2.24, 2.45) is 4.99 Å². The van der Waals surface area contributed by atoms with Crippen LogP contribution in [0, 0.1) is 6.92 Å². The molecule has 0 atom stereocenters. The van der Waals surface area contributed by atoms with Crippen molar-refractivity contribution in [3.63, 3.8) is 0 Å². The highest BCUT2D eigenvalue weighted by Gasteiger charge is 2.21. The fourth-order valence-corrected chi connectivity index (χ4v) is 3.80. The van der Waals surface area contributed by atoms with Crippen molar-refractivity contribution in [3.05, 3.63) is 35.6 Å². The molecule has 172 valence electrons. The molecule has 0 unspecified atom stereocenters. The molecule has 1 fully saturated rings. The monoisotopic (exact) mass is 541 g/mol. The van der Waals surface area contributed by atoms with Crippen LogP contribution in [0.25, 0.3) is 11.0 Å². The first-order chi connectivity index (χ1) is 14.6. The molecule has 0 aliphatic carbocycles. The number of carbonyl (C=O) groups excluding carboxylic acids is 1. The summed E-state index contributed by atoms with van der Waals surface area (Å²) >= 11 is 0. The number of piperidine rings is 1. The van der Waals surface area contributed by atoms with E-state index < -0.39 is 0 Å². The number of carbonyl (C=O) groups is 1. The number of aliphatic imine (C=N–C) groups is 1. The Balaban J connectivity index is 0.00000341. The Bertz CT molecular complexity index is 859. The summed E-state index contributed by atoms with van der Waals surface area (Å²) in [6.45, 7) is 10.6. The second-order valence-electron chi connectivity index (χ2n) is 7.89. The smallest absolute Gasteiger partial charge is 0.234 e. The largest absolute Gasteiger partial charge is 0.459 e. The second kappa shape index (κ2) is 12.9. The number of aryl methyl sites for hydroxylation is 1. The van der Waals surface area contributed by atoms with Gasteiger partial charge >= 0.3 is 0 Å². The molecule has 0 radical (unpaired) electrons. The minimum Gasteiger partial charge on any atom is -0.459 e. The summed E-state index contributed by atoms with van der Waals surface area (Å²) in [5.41, 5.74) is 2.06. The Morgan fingerprint density at radius 3 is 2.61 bits per heavy atom. The number of guanidine groups is 1. The molecular formula is C23H36IN5O2. The topological polar surface area (TPSA) is 81.9 Å². The first kappa shape index (κ1) is 25.5. The van der Waals surface area contributed by atoms with Gasteiger partial charge in [-0.1, -0.05) is 25.1 Å². The average molecular weight is 541 g/mol. The van der Waals surface area contributed by atoms with Gasteiger partial charge in [0.05, 0.1) is 6.54 Å². The van der Waals surface area contributed by atoms with Gasteiger partial charge in [-0.2, -0.15) is 0 Å². The van der Waals surface area contributed by atoms with E-state index in [4.69, 9.17) is 9.41 Å². The lowest BCUT2D eigenvalue weighted by molar-refractivity contribution is -0.122. The van der Waals surface area contributed by atoms with Crippen LogP contribution < -0.4 is 16.0 Å². The van der Waals surface area contributed by atoms with Gasteiger partial charge in [0.15, 0.2) is 5.96 Å². The van der Waals surface area contributed by atoms with Crippen molar-refractivity contribution < 1.29 is 9.21 Å². The summed E-state index contributed by atoms with van der Waals surface area (Å²) in [6.07, 6.45) is 2.96. The maximum absolute atomic E-state index is 11.9. The SMILES string of the molecule is CCCNC(=O)CN1CCC(NC(=NCc2oc3ccccc3c2C)NCC)CC1.I. The average Bonchev–Trinajstić information content (AvgIpc) is 3.08. The van der Waals surface area contributed by atoms with Crippen LogP contribution in [-0.2, 0) is 11.3 Å². The molecule has 7 nitrogen and oxygen atoms in total. The number of para-hydroxylation sites is 1. The van der Waals surface area contributed by atoms with E-state index in [2.05, 4.69) is 47.7 Å². The number of halogens is 1. The quantitative estimate of drug-likeness (QED) is 0.271. The van der Waals surface area contributed by atoms with Crippen molar-refractivity contribution in [2.75, 3.05) is 32.7 Å². The lowest BCUT2D eigenvalue weighted by atomic mass is 10.1. The number of benzene rings is 1. The van der Waals surface area contributed by atoms with Gasteiger partial charge in [0.25, 0.3) is 0 Å². The molecule has 31 heavy (non-hydrogen) atoms. The summed E-state index contributed by atoms with van der Waals surface area (Å²) in [5, 5.41) is 11.0. The van der Waals surface area contributed by atoms with Crippen molar-refractivity contribution in [2.45, 2.75) is 52.6 Å². The third kappa shape index (κ3) is 7.38. The molecule has 1 amide bonds. The van der Waals surface area contributed by atoms with Gasteiger partial charge in [-0.3, -0.25) is 9.69 Å². The molecular weight excluding hydrogens is 505 g/mol. The Hall–Kier alpha value is -1.81. The molecule has 1 saturated heterocycles. The van der Waals surface area contributed by atoms with Crippen LogP contribution in [0.5, 0.6) is 0 Å². The predicted octanol–water partition coefficient (Wildman–Crippen LogP) is 3.40. The summed E-state index contributed by atoms with van der Waals surface area (Å²) < 4.78 is 5.99. The van der Waals surface area contributed by atoms with Gasteiger partial charge in [0.2, 0.25) is 5.91 Å². The number of hydrogen-bond donors (Lipinski definition) is 3. The maximum atomic E-state index is 11.9. The molecule has 3 rings (SSSR count). The molecule has 0 bridgehead atoms. The number of fused-ring (bicyclic) bond motifs is 1. The molecule has 2 heterocycles. The third-order valence-corrected chi connectivity index (χ3v) is 5.54. The third-order valence-electron chi connectivity index (χ3n) is 5.54. The van der Waals surface area contributed by atoms with Gasteiger partial charge in [0.1, 0.15) is 17.9 Å². The van der Waals surface area contributed by atoms with E-state index in [-0.39, 0.29) is 29.9 Å². The zero-order valence-electron chi connectivity index (χ0n) is 18.9. The number of hydrogen-bond acceptors (Lipinski definition) is 4. The van der Waals surface area contributed by atoms with Crippen LogP contribution in [0.2, 0.25) is 0 Å². The molecule has 0 spiro atoms. The number of furan rings is 1. The van der Waals surface area contributed by atoms with Gasteiger partial charge in [-0.15, -0.1) is 24.0 Å². The fraction of sp³-hybridized carbons (Fsp3) is 0.565.